The molecule has 6 heteroatoms. The van der Waals surface area contributed by atoms with Crippen LogP contribution in [0.25, 0.3) is 0 Å². The van der Waals surface area contributed by atoms with E-state index < -0.39 is 37.0 Å². The van der Waals surface area contributed by atoms with Gasteiger partial charge in [-0.1, -0.05) is 18.2 Å². The number of carbonyl (C=O) groups is 1. The van der Waals surface area contributed by atoms with Gasteiger partial charge in [-0.05, 0) is 12.1 Å². The van der Waals surface area contributed by atoms with Gasteiger partial charge in [0.2, 0.25) is 0 Å². The fraction of sp³-hybridized carbons (Fsp3) is 0.462. The summed E-state index contributed by atoms with van der Waals surface area (Å²) in [6.07, 6.45) is -4.04. The lowest BCUT2D eigenvalue weighted by Gasteiger charge is -2.14. The van der Waals surface area contributed by atoms with E-state index in [2.05, 4.69) is 0 Å². The Hall–Kier alpha value is -1.47. The second kappa shape index (κ2) is 6.12. The Morgan fingerprint density at radius 2 is 1.79 bits per heavy atom. The van der Waals surface area contributed by atoms with E-state index in [-0.39, 0.29) is 6.61 Å². The maximum Gasteiger partial charge on any atom is 0.338 e. The molecule has 3 N–H and O–H groups in total. The molecule has 1 aromatic rings. The zero-order chi connectivity index (χ0) is 13.8. The van der Waals surface area contributed by atoms with Crippen LogP contribution < -0.4 is 0 Å². The highest BCUT2D eigenvalue weighted by atomic mass is 16.6. The molecule has 0 aromatic heterocycles. The Morgan fingerprint density at radius 1 is 1.16 bits per heavy atom. The van der Waals surface area contributed by atoms with Crippen LogP contribution in [-0.4, -0.2) is 58.9 Å². The molecule has 0 unspecified atom stereocenters. The van der Waals surface area contributed by atoms with Crippen molar-refractivity contribution in [3.63, 3.8) is 0 Å². The average Bonchev–Trinajstić information content (AvgIpc) is 2.73. The van der Waals surface area contributed by atoms with Crippen molar-refractivity contribution in [2.75, 3.05) is 13.2 Å². The molecule has 104 valence electrons. The van der Waals surface area contributed by atoms with Crippen molar-refractivity contribution in [2.45, 2.75) is 24.4 Å². The first-order valence-corrected chi connectivity index (χ1v) is 5.98. The van der Waals surface area contributed by atoms with Gasteiger partial charge in [0.15, 0.2) is 0 Å². The molecule has 6 nitrogen and oxygen atoms in total. The molecule has 2 rings (SSSR count). The first-order valence-electron chi connectivity index (χ1n) is 5.98. The minimum Gasteiger partial charge on any atom is -0.459 e. The van der Waals surface area contributed by atoms with Crippen LogP contribution in [0.4, 0.5) is 0 Å². The van der Waals surface area contributed by atoms with E-state index in [9.17, 15) is 15.0 Å². The molecule has 0 saturated carbocycles. The zero-order valence-corrected chi connectivity index (χ0v) is 10.2. The first kappa shape index (κ1) is 14.0. The van der Waals surface area contributed by atoms with Crippen molar-refractivity contribution in [1.29, 1.82) is 0 Å². The molecule has 1 aromatic carbocycles. The van der Waals surface area contributed by atoms with Gasteiger partial charge >= 0.3 is 5.97 Å². The second-order valence-corrected chi connectivity index (χ2v) is 4.34. The molecular formula is C13H16O6. The van der Waals surface area contributed by atoms with Crippen LogP contribution in [0.5, 0.6) is 0 Å². The Balaban J connectivity index is 1.88. The van der Waals surface area contributed by atoms with Crippen LogP contribution in [-0.2, 0) is 9.47 Å². The normalized spacial score (nSPS) is 30.3. The molecule has 1 heterocycles. The van der Waals surface area contributed by atoms with Crippen LogP contribution in [0.3, 0.4) is 0 Å². The lowest BCUT2D eigenvalue weighted by molar-refractivity contribution is -0.0464. The summed E-state index contributed by atoms with van der Waals surface area (Å²) in [6, 6.07) is 8.42. The number of ether oxygens (including phenoxy) is 2. The quantitative estimate of drug-likeness (QED) is 0.626. The number of aliphatic hydroxyl groups is 3. The van der Waals surface area contributed by atoms with E-state index in [0.717, 1.165) is 0 Å². The van der Waals surface area contributed by atoms with Gasteiger partial charge in [0.1, 0.15) is 31.0 Å². The lowest BCUT2D eigenvalue weighted by Crippen LogP contribution is -2.35. The van der Waals surface area contributed by atoms with Crippen molar-refractivity contribution >= 4 is 5.97 Å². The SMILES string of the molecule is O=C(OC[C@H]1O[C@@H](CO)[C@@H](O)[C@@H]1O)c1ccccc1. The molecule has 1 fully saturated rings. The number of esters is 1. The topological polar surface area (TPSA) is 96.2 Å². The minimum atomic E-state index is -1.18. The summed E-state index contributed by atoms with van der Waals surface area (Å²) in [7, 11) is 0. The molecule has 0 spiro atoms. The van der Waals surface area contributed by atoms with E-state index in [4.69, 9.17) is 14.6 Å². The van der Waals surface area contributed by atoms with Gasteiger partial charge < -0.3 is 24.8 Å². The first-order chi connectivity index (χ1) is 9.13. The molecular weight excluding hydrogens is 252 g/mol. The van der Waals surface area contributed by atoms with Gasteiger partial charge in [0.25, 0.3) is 0 Å². The van der Waals surface area contributed by atoms with Crippen molar-refractivity contribution in [3.8, 4) is 0 Å². The highest BCUT2D eigenvalue weighted by Crippen LogP contribution is 2.21. The van der Waals surface area contributed by atoms with Crippen LogP contribution >= 0.6 is 0 Å². The minimum absolute atomic E-state index is 0.178. The van der Waals surface area contributed by atoms with E-state index in [1.165, 1.54) is 0 Å². The maximum absolute atomic E-state index is 11.7. The number of hydrogen-bond donors (Lipinski definition) is 3. The van der Waals surface area contributed by atoms with Crippen LogP contribution in [0.1, 0.15) is 10.4 Å². The predicted molar refractivity (Wildman–Crippen MR) is 64.5 cm³/mol. The Kier molecular flexibility index (Phi) is 4.49. The third kappa shape index (κ3) is 3.10. The summed E-state index contributed by atoms with van der Waals surface area (Å²) < 4.78 is 10.2. The largest absolute Gasteiger partial charge is 0.459 e. The number of carbonyl (C=O) groups excluding carboxylic acids is 1. The van der Waals surface area contributed by atoms with Gasteiger partial charge in [0, 0.05) is 0 Å². The Labute approximate surface area is 110 Å². The number of aliphatic hydroxyl groups excluding tert-OH is 3. The summed E-state index contributed by atoms with van der Waals surface area (Å²) >= 11 is 0. The lowest BCUT2D eigenvalue weighted by atomic mass is 10.1. The smallest absolute Gasteiger partial charge is 0.338 e. The molecule has 4 atom stereocenters. The summed E-state index contributed by atoms with van der Waals surface area (Å²) in [5, 5.41) is 28.1. The molecule has 19 heavy (non-hydrogen) atoms. The van der Waals surface area contributed by atoms with Gasteiger partial charge in [-0.3, -0.25) is 0 Å². The standard InChI is InChI=1S/C13H16O6/c14-6-9-11(15)12(16)10(19-9)7-18-13(17)8-4-2-1-3-5-8/h1-5,9-12,14-16H,6-7H2/t9-,10+,11+,12+/m0/s1. The van der Waals surface area contributed by atoms with E-state index in [1.54, 1.807) is 30.3 Å². The van der Waals surface area contributed by atoms with Crippen LogP contribution in [0.2, 0.25) is 0 Å². The molecule has 0 bridgehead atoms. The molecule has 0 amide bonds. The Bertz CT molecular complexity index is 420. The summed E-state index contributed by atoms with van der Waals surface area (Å²) in [6.45, 7) is -0.580. The maximum atomic E-state index is 11.7. The second-order valence-electron chi connectivity index (χ2n) is 4.34. The van der Waals surface area contributed by atoms with E-state index in [0.29, 0.717) is 5.56 Å². The van der Waals surface area contributed by atoms with Gasteiger partial charge in [-0.2, -0.15) is 0 Å². The van der Waals surface area contributed by atoms with Gasteiger partial charge in [-0.15, -0.1) is 0 Å². The van der Waals surface area contributed by atoms with Crippen LogP contribution in [0, 0.1) is 0 Å². The monoisotopic (exact) mass is 268 g/mol. The fourth-order valence-corrected chi connectivity index (χ4v) is 1.93. The third-order valence-electron chi connectivity index (χ3n) is 3.03. The molecule has 1 aliphatic heterocycles. The predicted octanol–water partition coefficient (Wildman–Crippen LogP) is -0.675. The summed E-state index contributed by atoms with van der Waals surface area (Å²) in [5.41, 5.74) is 0.397. The van der Waals surface area contributed by atoms with Crippen LogP contribution in [0.15, 0.2) is 30.3 Å². The highest BCUT2D eigenvalue weighted by molar-refractivity contribution is 5.89. The van der Waals surface area contributed by atoms with Crippen molar-refractivity contribution < 1.29 is 29.6 Å². The average molecular weight is 268 g/mol. The van der Waals surface area contributed by atoms with Gasteiger partial charge in [0.05, 0.1) is 12.2 Å². The molecule has 0 radical (unpaired) electrons. The number of hydrogen-bond acceptors (Lipinski definition) is 6. The van der Waals surface area contributed by atoms with Crippen molar-refractivity contribution in [2.24, 2.45) is 0 Å². The van der Waals surface area contributed by atoms with Gasteiger partial charge in [-0.25, -0.2) is 4.79 Å². The molecule has 1 aliphatic rings. The number of benzene rings is 1. The van der Waals surface area contributed by atoms with Crippen molar-refractivity contribution in [1.82, 2.24) is 0 Å². The summed E-state index contributed by atoms with van der Waals surface area (Å²) in [4.78, 5) is 11.7. The van der Waals surface area contributed by atoms with Crippen molar-refractivity contribution in [3.05, 3.63) is 35.9 Å². The van der Waals surface area contributed by atoms with E-state index in [1.807, 2.05) is 0 Å². The zero-order valence-electron chi connectivity index (χ0n) is 10.2. The Morgan fingerprint density at radius 3 is 2.37 bits per heavy atom. The van der Waals surface area contributed by atoms with E-state index >= 15 is 0 Å². The highest BCUT2D eigenvalue weighted by Gasteiger charge is 2.42. The fourth-order valence-electron chi connectivity index (χ4n) is 1.93. The summed E-state index contributed by atoms with van der Waals surface area (Å²) in [5.74, 6) is -0.529. The molecule has 1 saturated heterocycles. The molecule has 0 aliphatic carbocycles. The third-order valence-corrected chi connectivity index (χ3v) is 3.03. The number of rotatable bonds is 4.